The smallest absolute Gasteiger partial charge is 0.00706 e. The van der Waals surface area contributed by atoms with Gasteiger partial charge in [-0.25, -0.2) is 0 Å². The fraction of sp³-hybridized carbons (Fsp3) is 0.250. The summed E-state index contributed by atoms with van der Waals surface area (Å²) in [6, 6.07) is 26.5. The molecule has 0 fully saturated rings. The van der Waals surface area contributed by atoms with Gasteiger partial charge in [-0.3, -0.25) is 0 Å². The van der Waals surface area contributed by atoms with Gasteiger partial charge < -0.3 is 0 Å². The summed E-state index contributed by atoms with van der Waals surface area (Å²) in [7, 11) is 0. The molecule has 0 heteroatoms. The van der Waals surface area contributed by atoms with E-state index in [9.17, 15) is 0 Å². The Morgan fingerprint density at radius 2 is 1.25 bits per heavy atom. The van der Waals surface area contributed by atoms with Gasteiger partial charge in [0, 0.05) is 0 Å². The van der Waals surface area contributed by atoms with E-state index in [0.717, 1.165) is 0 Å². The van der Waals surface area contributed by atoms with Gasteiger partial charge in [-0.1, -0.05) is 100 Å². The minimum absolute atomic E-state index is 0.492. The van der Waals surface area contributed by atoms with E-state index in [-0.39, 0.29) is 0 Å². The molecule has 0 radical (unpaired) electrons. The van der Waals surface area contributed by atoms with Crippen LogP contribution in [0.15, 0.2) is 72.8 Å². The Kier molecular flexibility index (Phi) is 4.85. The summed E-state index contributed by atoms with van der Waals surface area (Å²) in [6.07, 6.45) is 0. The number of hydrogen-bond acceptors (Lipinski definition) is 0. The third kappa shape index (κ3) is 3.28. The molecule has 3 rings (SSSR count). The molecule has 0 atom stereocenters. The van der Waals surface area contributed by atoms with E-state index in [1.165, 1.54) is 33.4 Å². The highest BCUT2D eigenvalue weighted by molar-refractivity contribution is 5.86. The first kappa shape index (κ1) is 16.5. The normalized spacial score (nSPS) is 11.2. The molecule has 0 nitrogen and oxygen atoms in total. The minimum Gasteiger partial charge on any atom is -0.0622 e. The molecule has 0 amide bonds. The van der Waals surface area contributed by atoms with Gasteiger partial charge in [0.2, 0.25) is 0 Å². The molecular formula is C24H26. The zero-order chi connectivity index (χ0) is 17.1. The average Bonchev–Trinajstić information content (AvgIpc) is 2.62. The molecule has 0 saturated carbocycles. The van der Waals surface area contributed by atoms with Gasteiger partial charge in [0.25, 0.3) is 0 Å². The molecule has 122 valence electrons. The van der Waals surface area contributed by atoms with Crippen LogP contribution in [0.3, 0.4) is 0 Å². The predicted octanol–water partition coefficient (Wildman–Crippen LogP) is 7.27. The number of rotatable bonds is 4. The lowest BCUT2D eigenvalue weighted by atomic mass is 9.85. The molecule has 0 aliphatic rings. The first-order chi connectivity index (χ1) is 11.6. The summed E-state index contributed by atoms with van der Waals surface area (Å²) < 4.78 is 0. The maximum atomic E-state index is 2.36. The number of hydrogen-bond donors (Lipinski definition) is 0. The van der Waals surface area contributed by atoms with Crippen LogP contribution in [0.4, 0.5) is 0 Å². The Bertz CT molecular complexity index is 810. The van der Waals surface area contributed by atoms with E-state index in [1.54, 1.807) is 0 Å². The topological polar surface area (TPSA) is 0 Å². The second kappa shape index (κ2) is 7.05. The summed E-state index contributed by atoms with van der Waals surface area (Å²) in [5.74, 6) is 1.03. The Labute approximate surface area is 146 Å². The molecule has 0 aliphatic heterocycles. The average molecular weight is 314 g/mol. The third-order valence-corrected chi connectivity index (χ3v) is 4.65. The lowest BCUT2D eigenvalue weighted by Crippen LogP contribution is -1.97. The summed E-state index contributed by atoms with van der Waals surface area (Å²) in [4.78, 5) is 0. The highest BCUT2D eigenvalue weighted by Crippen LogP contribution is 2.38. The maximum Gasteiger partial charge on any atom is -0.00706 e. The Morgan fingerprint density at radius 1 is 0.583 bits per heavy atom. The highest BCUT2D eigenvalue weighted by atomic mass is 14.2. The molecule has 0 heterocycles. The van der Waals surface area contributed by atoms with Gasteiger partial charge in [0.05, 0.1) is 0 Å². The molecule has 3 aromatic carbocycles. The molecule has 0 N–H and O–H groups in total. The van der Waals surface area contributed by atoms with Gasteiger partial charge in [0.15, 0.2) is 0 Å². The monoisotopic (exact) mass is 314 g/mol. The van der Waals surface area contributed by atoms with Crippen LogP contribution in [0.2, 0.25) is 0 Å². The fourth-order valence-corrected chi connectivity index (χ4v) is 3.29. The second-order valence-corrected chi connectivity index (χ2v) is 7.07. The van der Waals surface area contributed by atoms with E-state index < -0.39 is 0 Å². The molecule has 3 aromatic rings. The van der Waals surface area contributed by atoms with Crippen LogP contribution in [-0.4, -0.2) is 0 Å². The van der Waals surface area contributed by atoms with Crippen molar-refractivity contribution in [2.24, 2.45) is 0 Å². The lowest BCUT2D eigenvalue weighted by molar-refractivity contribution is 0.863. The van der Waals surface area contributed by atoms with E-state index >= 15 is 0 Å². The Hall–Kier alpha value is -2.34. The number of benzene rings is 3. The summed E-state index contributed by atoms with van der Waals surface area (Å²) in [5, 5.41) is 0. The predicted molar refractivity (Wildman–Crippen MR) is 105 cm³/mol. The molecular weight excluding hydrogens is 288 g/mol. The third-order valence-electron chi connectivity index (χ3n) is 4.65. The van der Waals surface area contributed by atoms with Gasteiger partial charge in [-0.05, 0) is 45.2 Å². The van der Waals surface area contributed by atoms with Crippen LogP contribution >= 0.6 is 0 Å². The van der Waals surface area contributed by atoms with Crippen molar-refractivity contribution in [2.75, 3.05) is 0 Å². The van der Waals surface area contributed by atoms with E-state index in [2.05, 4.69) is 100 Å². The van der Waals surface area contributed by atoms with Gasteiger partial charge >= 0.3 is 0 Å². The molecule has 0 bridgehead atoms. The highest BCUT2D eigenvalue weighted by Gasteiger charge is 2.15. The van der Waals surface area contributed by atoms with Crippen LogP contribution in [0, 0.1) is 0 Å². The van der Waals surface area contributed by atoms with Crippen molar-refractivity contribution < 1.29 is 0 Å². The molecule has 0 spiro atoms. The molecule has 0 unspecified atom stereocenters. The van der Waals surface area contributed by atoms with Gasteiger partial charge in [-0.15, -0.1) is 0 Å². The largest absolute Gasteiger partial charge is 0.0622 e. The van der Waals surface area contributed by atoms with Crippen molar-refractivity contribution in [2.45, 2.75) is 39.5 Å². The van der Waals surface area contributed by atoms with Crippen molar-refractivity contribution >= 4 is 0 Å². The van der Waals surface area contributed by atoms with Crippen LogP contribution < -0.4 is 0 Å². The lowest BCUT2D eigenvalue weighted by Gasteiger charge is -2.19. The summed E-state index contributed by atoms with van der Waals surface area (Å²) >= 11 is 0. The quantitative estimate of drug-likeness (QED) is 0.475. The summed E-state index contributed by atoms with van der Waals surface area (Å²) in [6.45, 7) is 9.07. The van der Waals surface area contributed by atoms with E-state index in [4.69, 9.17) is 0 Å². The second-order valence-electron chi connectivity index (χ2n) is 7.07. The van der Waals surface area contributed by atoms with Crippen molar-refractivity contribution in [3.8, 4) is 22.3 Å². The molecule has 0 aromatic heterocycles. The Morgan fingerprint density at radius 3 is 1.92 bits per heavy atom. The van der Waals surface area contributed by atoms with Gasteiger partial charge in [0.1, 0.15) is 0 Å². The zero-order valence-corrected chi connectivity index (χ0v) is 15.1. The van der Waals surface area contributed by atoms with E-state index in [0.29, 0.717) is 11.8 Å². The first-order valence-corrected chi connectivity index (χ1v) is 8.86. The SMILES string of the molecule is CC(C)c1cccc(-c2c(-c3ccccc3)cccc2C(C)C)c1. The van der Waals surface area contributed by atoms with Crippen LogP contribution in [0.1, 0.15) is 50.7 Å². The summed E-state index contributed by atoms with van der Waals surface area (Å²) in [5.41, 5.74) is 8.11. The van der Waals surface area contributed by atoms with Crippen molar-refractivity contribution in [1.82, 2.24) is 0 Å². The zero-order valence-electron chi connectivity index (χ0n) is 15.1. The standard InChI is InChI=1S/C24H26/c1-17(2)20-12-8-13-21(16-20)24-22(18(3)4)14-9-15-23(24)19-10-6-5-7-11-19/h5-18H,1-4H3. The van der Waals surface area contributed by atoms with Crippen molar-refractivity contribution in [3.63, 3.8) is 0 Å². The van der Waals surface area contributed by atoms with Crippen molar-refractivity contribution in [3.05, 3.63) is 83.9 Å². The van der Waals surface area contributed by atoms with Crippen molar-refractivity contribution in [1.29, 1.82) is 0 Å². The van der Waals surface area contributed by atoms with Gasteiger partial charge in [-0.2, -0.15) is 0 Å². The molecule has 24 heavy (non-hydrogen) atoms. The first-order valence-electron chi connectivity index (χ1n) is 8.86. The maximum absolute atomic E-state index is 2.36. The van der Waals surface area contributed by atoms with Crippen LogP contribution in [0.5, 0.6) is 0 Å². The fourth-order valence-electron chi connectivity index (χ4n) is 3.29. The van der Waals surface area contributed by atoms with Crippen LogP contribution in [-0.2, 0) is 0 Å². The molecule has 0 aliphatic carbocycles. The Balaban J connectivity index is 2.27. The van der Waals surface area contributed by atoms with E-state index in [1.807, 2.05) is 0 Å². The minimum atomic E-state index is 0.492. The molecule has 0 saturated heterocycles. The van der Waals surface area contributed by atoms with Crippen LogP contribution in [0.25, 0.3) is 22.3 Å².